The lowest BCUT2D eigenvalue weighted by molar-refractivity contribution is 0.0543. The topological polar surface area (TPSA) is 117 Å². The smallest absolute Gasteiger partial charge is 0.413 e. The summed E-state index contributed by atoms with van der Waals surface area (Å²) in [4.78, 5) is 27.3. The summed E-state index contributed by atoms with van der Waals surface area (Å²) in [7, 11) is 1.25. The Labute approximate surface area is 146 Å². The van der Waals surface area contributed by atoms with Crippen molar-refractivity contribution in [2.45, 2.75) is 33.3 Å². The van der Waals surface area contributed by atoms with Gasteiger partial charge in [0.15, 0.2) is 5.69 Å². The Kier molecular flexibility index (Phi) is 6.98. The molecule has 0 saturated carbocycles. The summed E-state index contributed by atoms with van der Waals surface area (Å²) in [6.45, 7) is 7.05. The third-order valence-corrected chi connectivity index (χ3v) is 2.57. The number of esters is 1. The van der Waals surface area contributed by atoms with E-state index in [1.54, 1.807) is 39.0 Å². The SMILES string of the molecule is C\C=C/C=C(\C=C(/N)NC(=O)OC(C)(C)C)c1nc(C(=O)OC)co1. The quantitative estimate of drug-likeness (QED) is 0.620. The zero-order valence-electron chi connectivity index (χ0n) is 15.0. The summed E-state index contributed by atoms with van der Waals surface area (Å²) in [5, 5.41) is 2.41. The molecule has 0 atom stereocenters. The molecule has 0 radical (unpaired) electrons. The molecule has 0 saturated heterocycles. The van der Waals surface area contributed by atoms with Crippen LogP contribution in [0.2, 0.25) is 0 Å². The molecule has 1 aromatic heterocycles. The maximum atomic E-state index is 11.7. The molecule has 0 fully saturated rings. The molecule has 0 aliphatic carbocycles. The lowest BCUT2D eigenvalue weighted by atomic mass is 10.2. The van der Waals surface area contributed by atoms with Crippen molar-refractivity contribution in [3.63, 3.8) is 0 Å². The van der Waals surface area contributed by atoms with E-state index in [2.05, 4.69) is 15.0 Å². The van der Waals surface area contributed by atoms with Crippen molar-refractivity contribution >= 4 is 17.6 Å². The fourth-order valence-electron chi connectivity index (χ4n) is 1.61. The Morgan fingerprint density at radius 3 is 2.60 bits per heavy atom. The lowest BCUT2D eigenvalue weighted by Gasteiger charge is -2.19. The molecule has 0 unspecified atom stereocenters. The number of nitrogens with one attached hydrogen (secondary N) is 1. The number of nitrogens with zero attached hydrogens (tertiary/aromatic N) is 1. The van der Waals surface area contributed by atoms with Crippen LogP contribution in [-0.2, 0) is 9.47 Å². The van der Waals surface area contributed by atoms with Gasteiger partial charge in [-0.3, -0.25) is 5.32 Å². The number of hydrogen-bond acceptors (Lipinski definition) is 7. The van der Waals surface area contributed by atoms with Gasteiger partial charge >= 0.3 is 12.1 Å². The second-order valence-electron chi connectivity index (χ2n) is 5.90. The van der Waals surface area contributed by atoms with Crippen LogP contribution in [0, 0.1) is 0 Å². The average molecular weight is 349 g/mol. The zero-order chi connectivity index (χ0) is 19.0. The number of ether oxygens (including phenoxy) is 2. The van der Waals surface area contributed by atoms with Gasteiger partial charge in [-0.2, -0.15) is 0 Å². The molecule has 0 aromatic carbocycles. The van der Waals surface area contributed by atoms with Crippen molar-refractivity contribution in [1.82, 2.24) is 10.3 Å². The van der Waals surface area contributed by atoms with Crippen molar-refractivity contribution in [2.24, 2.45) is 5.73 Å². The highest BCUT2D eigenvalue weighted by molar-refractivity contribution is 5.87. The van der Waals surface area contributed by atoms with E-state index in [0.717, 1.165) is 0 Å². The highest BCUT2D eigenvalue weighted by atomic mass is 16.6. The molecule has 3 N–H and O–H groups in total. The molecule has 8 heteroatoms. The number of oxazole rings is 1. The third-order valence-electron chi connectivity index (χ3n) is 2.57. The number of rotatable bonds is 5. The van der Waals surface area contributed by atoms with E-state index >= 15 is 0 Å². The number of hydrogen-bond donors (Lipinski definition) is 2. The fourth-order valence-corrected chi connectivity index (χ4v) is 1.61. The van der Waals surface area contributed by atoms with Crippen molar-refractivity contribution in [2.75, 3.05) is 7.11 Å². The van der Waals surface area contributed by atoms with E-state index in [0.29, 0.717) is 5.57 Å². The first kappa shape index (κ1) is 20.0. The lowest BCUT2D eigenvalue weighted by Crippen LogP contribution is -2.34. The number of carbonyl (C=O) groups excluding carboxylic acids is 2. The molecule has 8 nitrogen and oxygen atoms in total. The predicted molar refractivity (Wildman–Crippen MR) is 92.3 cm³/mol. The third kappa shape index (κ3) is 6.94. The molecular formula is C17H23N3O5. The largest absolute Gasteiger partial charge is 0.464 e. The number of methoxy groups -OCH3 is 1. The zero-order valence-corrected chi connectivity index (χ0v) is 15.0. The van der Waals surface area contributed by atoms with E-state index in [1.165, 1.54) is 19.4 Å². The van der Waals surface area contributed by atoms with Gasteiger partial charge in [-0.15, -0.1) is 0 Å². The van der Waals surface area contributed by atoms with Gasteiger partial charge in [-0.25, -0.2) is 14.6 Å². The van der Waals surface area contributed by atoms with Gasteiger partial charge in [0.1, 0.15) is 17.7 Å². The predicted octanol–water partition coefficient (Wildman–Crippen LogP) is 2.75. The fraction of sp³-hybridized carbons (Fsp3) is 0.353. The molecule has 1 rings (SSSR count). The molecule has 0 spiro atoms. The van der Waals surface area contributed by atoms with Gasteiger partial charge in [0, 0.05) is 5.57 Å². The van der Waals surface area contributed by atoms with E-state index in [-0.39, 0.29) is 17.4 Å². The Morgan fingerprint density at radius 1 is 1.36 bits per heavy atom. The van der Waals surface area contributed by atoms with Crippen LogP contribution >= 0.6 is 0 Å². The van der Waals surface area contributed by atoms with Gasteiger partial charge < -0.3 is 19.6 Å². The number of aromatic nitrogens is 1. The number of carbonyl (C=O) groups is 2. The summed E-state index contributed by atoms with van der Waals surface area (Å²) >= 11 is 0. The number of nitrogens with two attached hydrogens (primary N) is 1. The first-order valence-corrected chi connectivity index (χ1v) is 7.50. The number of allylic oxidation sites excluding steroid dienone is 5. The molecule has 1 amide bonds. The maximum absolute atomic E-state index is 11.7. The second kappa shape index (κ2) is 8.72. The van der Waals surface area contributed by atoms with E-state index < -0.39 is 17.7 Å². The second-order valence-corrected chi connectivity index (χ2v) is 5.90. The highest BCUT2D eigenvalue weighted by Gasteiger charge is 2.17. The van der Waals surface area contributed by atoms with Crippen LogP contribution in [0.15, 0.2) is 40.8 Å². The molecule has 0 aliphatic rings. The first-order valence-electron chi connectivity index (χ1n) is 7.50. The van der Waals surface area contributed by atoms with Gasteiger partial charge in [0.05, 0.1) is 7.11 Å². The average Bonchev–Trinajstić information content (AvgIpc) is 2.98. The van der Waals surface area contributed by atoms with Crippen molar-refractivity contribution in [3.05, 3.63) is 48.0 Å². The van der Waals surface area contributed by atoms with Gasteiger partial charge in [-0.1, -0.05) is 12.2 Å². The van der Waals surface area contributed by atoms with E-state index in [4.69, 9.17) is 14.9 Å². The standard InChI is InChI=1S/C17H23N3O5/c1-6-7-8-11(14-19-12(10-24-14)15(21)23-5)9-13(18)20-16(22)25-17(2,3)4/h6-10H,18H2,1-5H3,(H,20,22)/b7-6-,11-8+,13-9+. The summed E-state index contributed by atoms with van der Waals surface area (Å²) < 4.78 is 15.0. The summed E-state index contributed by atoms with van der Waals surface area (Å²) in [5.41, 5.74) is 5.64. The van der Waals surface area contributed by atoms with Gasteiger partial charge in [0.25, 0.3) is 0 Å². The first-order chi connectivity index (χ1) is 11.7. The van der Waals surface area contributed by atoms with Crippen molar-refractivity contribution in [3.8, 4) is 0 Å². The van der Waals surface area contributed by atoms with Crippen LogP contribution in [0.5, 0.6) is 0 Å². The highest BCUT2D eigenvalue weighted by Crippen LogP contribution is 2.17. The minimum absolute atomic E-state index is 0.0240. The van der Waals surface area contributed by atoms with Gasteiger partial charge in [0.2, 0.25) is 5.89 Å². The molecule has 1 heterocycles. The molecule has 1 aromatic rings. The van der Waals surface area contributed by atoms with Crippen LogP contribution in [-0.4, -0.2) is 29.8 Å². The minimum Gasteiger partial charge on any atom is -0.464 e. The van der Waals surface area contributed by atoms with E-state index in [1.807, 2.05) is 6.92 Å². The minimum atomic E-state index is -0.686. The van der Waals surface area contributed by atoms with Crippen LogP contribution in [0.3, 0.4) is 0 Å². The van der Waals surface area contributed by atoms with Crippen LogP contribution in [0.25, 0.3) is 5.57 Å². The summed E-state index contributed by atoms with van der Waals surface area (Å²) in [5.74, 6) is -0.445. The Hall–Kier alpha value is -3.03. The number of alkyl carbamates (subject to hydrolysis) is 1. The van der Waals surface area contributed by atoms with Crippen LogP contribution < -0.4 is 11.1 Å². The van der Waals surface area contributed by atoms with Gasteiger partial charge in [-0.05, 0) is 39.8 Å². The Bertz CT molecular complexity index is 708. The van der Waals surface area contributed by atoms with Crippen molar-refractivity contribution in [1.29, 1.82) is 0 Å². The van der Waals surface area contributed by atoms with E-state index in [9.17, 15) is 9.59 Å². The Morgan fingerprint density at radius 2 is 2.04 bits per heavy atom. The molecule has 136 valence electrons. The van der Waals surface area contributed by atoms with Crippen LogP contribution in [0.1, 0.15) is 44.1 Å². The summed E-state index contributed by atoms with van der Waals surface area (Å²) in [6.07, 6.45) is 7.11. The van der Waals surface area contributed by atoms with Crippen LogP contribution in [0.4, 0.5) is 4.79 Å². The monoisotopic (exact) mass is 349 g/mol. The molecule has 0 aliphatic heterocycles. The maximum Gasteiger partial charge on any atom is 0.413 e. The molecule has 0 bridgehead atoms. The molecular weight excluding hydrogens is 326 g/mol. The molecule has 25 heavy (non-hydrogen) atoms. The summed E-state index contributed by atoms with van der Waals surface area (Å²) in [6, 6.07) is 0. The van der Waals surface area contributed by atoms with Crippen molar-refractivity contribution < 1.29 is 23.5 Å². The number of amides is 1. The normalized spacial score (nSPS) is 13.0. The Balaban J connectivity index is 3.01.